The summed E-state index contributed by atoms with van der Waals surface area (Å²) in [6, 6.07) is 13.3. The van der Waals surface area contributed by atoms with Crippen molar-refractivity contribution in [3.8, 4) is 5.75 Å². The van der Waals surface area contributed by atoms with E-state index in [4.69, 9.17) is 10.5 Å². The molecule has 122 valence electrons. The Hall–Kier alpha value is -2.56. The monoisotopic (exact) mass is 316 g/mol. The van der Waals surface area contributed by atoms with E-state index in [-0.39, 0.29) is 17.8 Å². The van der Waals surface area contributed by atoms with E-state index in [0.29, 0.717) is 30.8 Å². The van der Waals surface area contributed by atoms with Gasteiger partial charge in [0.1, 0.15) is 17.7 Å². The molecule has 0 aliphatic heterocycles. The molecule has 1 unspecified atom stereocenters. The van der Waals surface area contributed by atoms with E-state index in [1.165, 1.54) is 12.1 Å². The molecule has 0 radical (unpaired) electrons. The molecule has 5 heteroatoms. The number of nitrogens with one attached hydrogen (secondary N) is 1. The zero-order chi connectivity index (χ0) is 16.7. The number of ether oxygens (including phenoxy) is 1. The zero-order valence-corrected chi connectivity index (χ0v) is 13.1. The number of nitrogens with two attached hydrogens (primary N) is 1. The Balaban J connectivity index is 1.71. The van der Waals surface area contributed by atoms with Gasteiger partial charge in [-0.3, -0.25) is 4.79 Å². The molecule has 0 aliphatic rings. The van der Waals surface area contributed by atoms with Crippen molar-refractivity contribution in [2.75, 3.05) is 12.3 Å². The van der Waals surface area contributed by atoms with Crippen LogP contribution in [0.15, 0.2) is 48.5 Å². The Morgan fingerprint density at radius 3 is 2.61 bits per heavy atom. The van der Waals surface area contributed by atoms with Crippen LogP contribution in [0.4, 0.5) is 10.1 Å². The van der Waals surface area contributed by atoms with Crippen LogP contribution in [0, 0.1) is 5.82 Å². The third kappa shape index (κ3) is 5.62. The van der Waals surface area contributed by atoms with Crippen molar-refractivity contribution in [3.05, 3.63) is 59.9 Å². The van der Waals surface area contributed by atoms with Gasteiger partial charge in [0.05, 0.1) is 6.54 Å². The number of hydrogen-bond donors (Lipinski definition) is 2. The maximum Gasteiger partial charge on any atom is 0.220 e. The first-order valence-corrected chi connectivity index (χ1v) is 7.57. The molecule has 2 rings (SSSR count). The highest BCUT2D eigenvalue weighted by molar-refractivity contribution is 5.76. The average Bonchev–Trinajstić information content (AvgIpc) is 2.54. The van der Waals surface area contributed by atoms with Crippen LogP contribution < -0.4 is 15.8 Å². The van der Waals surface area contributed by atoms with Gasteiger partial charge >= 0.3 is 0 Å². The van der Waals surface area contributed by atoms with Gasteiger partial charge in [-0.05, 0) is 49.2 Å². The van der Waals surface area contributed by atoms with Gasteiger partial charge in [0.15, 0.2) is 0 Å². The smallest absolute Gasteiger partial charge is 0.220 e. The maximum absolute atomic E-state index is 12.8. The number of hydrogen-bond acceptors (Lipinski definition) is 3. The van der Waals surface area contributed by atoms with E-state index >= 15 is 0 Å². The molecule has 1 amide bonds. The van der Waals surface area contributed by atoms with Crippen molar-refractivity contribution in [2.45, 2.75) is 25.9 Å². The van der Waals surface area contributed by atoms with E-state index in [1.807, 2.05) is 31.2 Å². The highest BCUT2D eigenvalue weighted by Gasteiger charge is 2.08. The van der Waals surface area contributed by atoms with Crippen molar-refractivity contribution in [1.82, 2.24) is 5.32 Å². The SMILES string of the molecule is CC(CNC(=O)CCc1ccccc1N)Oc1ccc(F)cc1. The zero-order valence-electron chi connectivity index (χ0n) is 13.1. The number of benzene rings is 2. The van der Waals surface area contributed by atoms with Gasteiger partial charge < -0.3 is 15.8 Å². The molecule has 4 nitrogen and oxygen atoms in total. The Bertz CT molecular complexity index is 644. The summed E-state index contributed by atoms with van der Waals surface area (Å²) in [6.45, 7) is 2.24. The lowest BCUT2D eigenvalue weighted by Crippen LogP contribution is -2.33. The average molecular weight is 316 g/mol. The van der Waals surface area contributed by atoms with Gasteiger partial charge in [-0.25, -0.2) is 4.39 Å². The standard InChI is InChI=1S/C18H21FN2O2/c1-13(23-16-9-7-15(19)8-10-16)12-21-18(22)11-6-14-4-2-3-5-17(14)20/h2-5,7-10,13H,6,11-12,20H2,1H3,(H,21,22). The second kappa shape index (κ2) is 8.17. The van der Waals surface area contributed by atoms with Crippen molar-refractivity contribution < 1.29 is 13.9 Å². The van der Waals surface area contributed by atoms with Gasteiger partial charge in [0.2, 0.25) is 5.91 Å². The van der Waals surface area contributed by atoms with Crippen LogP contribution in [0.25, 0.3) is 0 Å². The van der Waals surface area contributed by atoms with Crippen molar-refractivity contribution in [3.63, 3.8) is 0 Å². The number of aryl methyl sites for hydroxylation is 1. The van der Waals surface area contributed by atoms with Crippen LogP contribution in [-0.4, -0.2) is 18.6 Å². The minimum atomic E-state index is -0.307. The van der Waals surface area contributed by atoms with Gasteiger partial charge in [-0.1, -0.05) is 18.2 Å². The Labute approximate surface area is 135 Å². The van der Waals surface area contributed by atoms with Gasteiger partial charge in [-0.15, -0.1) is 0 Å². The molecule has 2 aromatic rings. The number of halogens is 1. The van der Waals surface area contributed by atoms with Gasteiger partial charge in [-0.2, -0.15) is 0 Å². The summed E-state index contributed by atoms with van der Waals surface area (Å²) in [6.07, 6.45) is 0.773. The van der Waals surface area contributed by atoms with Crippen LogP contribution in [0.5, 0.6) is 5.75 Å². The molecule has 0 heterocycles. The number of carbonyl (C=O) groups is 1. The third-order valence-electron chi connectivity index (χ3n) is 3.41. The Morgan fingerprint density at radius 2 is 1.91 bits per heavy atom. The van der Waals surface area contributed by atoms with Crippen LogP contribution in [0.2, 0.25) is 0 Å². The Morgan fingerprint density at radius 1 is 1.22 bits per heavy atom. The summed E-state index contributed by atoms with van der Waals surface area (Å²) in [5, 5.41) is 2.82. The fourth-order valence-corrected chi connectivity index (χ4v) is 2.14. The number of para-hydroxylation sites is 1. The number of rotatable bonds is 7. The molecule has 0 saturated heterocycles. The first-order chi connectivity index (χ1) is 11.0. The molecule has 0 bridgehead atoms. The lowest BCUT2D eigenvalue weighted by molar-refractivity contribution is -0.121. The molecule has 0 aromatic heterocycles. The normalized spacial score (nSPS) is 11.7. The molecule has 0 fully saturated rings. The summed E-state index contributed by atoms with van der Waals surface area (Å²) in [5.41, 5.74) is 7.52. The van der Waals surface area contributed by atoms with E-state index in [1.54, 1.807) is 12.1 Å². The van der Waals surface area contributed by atoms with Crippen LogP contribution in [0.3, 0.4) is 0 Å². The number of anilines is 1. The molecular formula is C18H21FN2O2. The predicted octanol–water partition coefficient (Wildman–Crippen LogP) is 2.92. The minimum Gasteiger partial charge on any atom is -0.489 e. The highest BCUT2D eigenvalue weighted by atomic mass is 19.1. The molecule has 1 atom stereocenters. The Kier molecular flexibility index (Phi) is 5.97. The molecule has 2 aromatic carbocycles. The summed E-state index contributed by atoms with van der Waals surface area (Å²) in [4.78, 5) is 11.9. The second-order valence-electron chi connectivity index (χ2n) is 5.39. The summed E-state index contributed by atoms with van der Waals surface area (Å²) < 4.78 is 18.4. The quantitative estimate of drug-likeness (QED) is 0.772. The first-order valence-electron chi connectivity index (χ1n) is 7.57. The molecule has 0 saturated carbocycles. The largest absolute Gasteiger partial charge is 0.489 e. The fourth-order valence-electron chi connectivity index (χ4n) is 2.14. The van der Waals surface area contributed by atoms with Gasteiger partial charge in [0.25, 0.3) is 0 Å². The number of carbonyl (C=O) groups excluding carboxylic acids is 1. The predicted molar refractivity (Wildman–Crippen MR) is 88.7 cm³/mol. The lowest BCUT2D eigenvalue weighted by Gasteiger charge is -2.15. The summed E-state index contributed by atoms with van der Waals surface area (Å²) in [7, 11) is 0. The fraction of sp³-hybridized carbons (Fsp3) is 0.278. The second-order valence-corrected chi connectivity index (χ2v) is 5.39. The summed E-state index contributed by atoms with van der Waals surface area (Å²) >= 11 is 0. The van der Waals surface area contributed by atoms with Crippen LogP contribution in [-0.2, 0) is 11.2 Å². The molecule has 23 heavy (non-hydrogen) atoms. The first kappa shape index (κ1) is 16.8. The maximum atomic E-state index is 12.8. The van der Waals surface area contributed by atoms with Gasteiger partial charge in [0, 0.05) is 12.1 Å². The number of nitrogen functional groups attached to an aromatic ring is 1. The van der Waals surface area contributed by atoms with E-state index in [2.05, 4.69) is 5.32 Å². The lowest BCUT2D eigenvalue weighted by atomic mass is 10.1. The topological polar surface area (TPSA) is 64.4 Å². The molecule has 0 spiro atoms. The van der Waals surface area contributed by atoms with E-state index < -0.39 is 0 Å². The molecular weight excluding hydrogens is 295 g/mol. The van der Waals surface area contributed by atoms with Crippen molar-refractivity contribution in [1.29, 1.82) is 0 Å². The summed E-state index contributed by atoms with van der Waals surface area (Å²) in [5.74, 6) is 0.214. The van der Waals surface area contributed by atoms with E-state index in [9.17, 15) is 9.18 Å². The third-order valence-corrected chi connectivity index (χ3v) is 3.41. The highest BCUT2D eigenvalue weighted by Crippen LogP contribution is 2.13. The van der Waals surface area contributed by atoms with E-state index in [0.717, 1.165) is 5.56 Å². The molecule has 3 N–H and O–H groups in total. The van der Waals surface area contributed by atoms with Crippen LogP contribution in [0.1, 0.15) is 18.9 Å². The van der Waals surface area contributed by atoms with Crippen molar-refractivity contribution >= 4 is 11.6 Å². The van der Waals surface area contributed by atoms with Crippen LogP contribution >= 0.6 is 0 Å². The van der Waals surface area contributed by atoms with Crippen molar-refractivity contribution in [2.24, 2.45) is 0 Å². The minimum absolute atomic E-state index is 0.0530. The number of amides is 1. The molecule has 0 aliphatic carbocycles.